The van der Waals surface area contributed by atoms with E-state index in [1.165, 1.54) is 5.56 Å². The number of hydrazine groups is 1. The van der Waals surface area contributed by atoms with Crippen LogP contribution >= 0.6 is 11.8 Å². The predicted molar refractivity (Wildman–Crippen MR) is 67.2 cm³/mol. The molecule has 1 aliphatic rings. The maximum Gasteiger partial charge on any atom is 0.140 e. The van der Waals surface area contributed by atoms with Gasteiger partial charge in [-0.05, 0) is 30.5 Å². The molecule has 2 rings (SSSR count). The molecule has 0 atom stereocenters. The van der Waals surface area contributed by atoms with Gasteiger partial charge in [0.2, 0.25) is 0 Å². The largest absolute Gasteiger partial charge is 0.381 e. The van der Waals surface area contributed by atoms with E-state index in [-0.39, 0.29) is 0 Å². The molecule has 0 amide bonds. The molecule has 0 bridgehead atoms. The first kappa shape index (κ1) is 11.7. The van der Waals surface area contributed by atoms with Gasteiger partial charge in [0.05, 0.1) is 0 Å². The number of nitrogens with two attached hydrogens (primary N) is 1. The second kappa shape index (κ2) is 6.08. The monoisotopic (exact) mass is 239 g/mol. The lowest BCUT2D eigenvalue weighted by molar-refractivity contribution is 0.1000. The van der Waals surface area contributed by atoms with Crippen molar-refractivity contribution >= 4 is 17.6 Å². The van der Waals surface area contributed by atoms with Gasteiger partial charge in [0.1, 0.15) is 5.82 Å². The molecule has 1 aliphatic heterocycles. The first-order valence-electron chi connectivity index (χ1n) is 5.49. The first-order chi connectivity index (χ1) is 7.88. The van der Waals surface area contributed by atoms with E-state index in [2.05, 4.69) is 10.4 Å². The van der Waals surface area contributed by atoms with Crippen molar-refractivity contribution in [3.05, 3.63) is 23.9 Å². The normalized spacial score (nSPS) is 17.3. The lowest BCUT2D eigenvalue weighted by Gasteiger charge is -2.21. The fraction of sp³-hybridized carbons (Fsp3) is 0.545. The minimum atomic E-state index is 0.727. The van der Waals surface area contributed by atoms with E-state index in [0.717, 1.165) is 42.9 Å². The molecule has 0 radical (unpaired) electrons. The number of anilines is 1. The van der Waals surface area contributed by atoms with E-state index in [1.807, 2.05) is 23.9 Å². The van der Waals surface area contributed by atoms with E-state index in [9.17, 15) is 0 Å². The second-order valence-corrected chi connectivity index (χ2v) is 5.11. The molecule has 0 aromatic carbocycles. The molecule has 1 fully saturated rings. The van der Waals surface area contributed by atoms with Crippen LogP contribution in [0.3, 0.4) is 0 Å². The summed E-state index contributed by atoms with van der Waals surface area (Å²) in [7, 11) is 0. The number of nitrogens with zero attached hydrogens (tertiary/aromatic N) is 1. The third-order valence-electron chi connectivity index (χ3n) is 2.63. The summed E-state index contributed by atoms with van der Waals surface area (Å²) in [5.74, 6) is 7.06. The lowest BCUT2D eigenvalue weighted by atomic mass is 10.2. The van der Waals surface area contributed by atoms with Gasteiger partial charge < -0.3 is 10.2 Å². The van der Waals surface area contributed by atoms with Crippen molar-refractivity contribution in [1.29, 1.82) is 0 Å². The van der Waals surface area contributed by atoms with Crippen LogP contribution in [0.4, 0.5) is 5.82 Å². The van der Waals surface area contributed by atoms with Gasteiger partial charge in [-0.25, -0.2) is 10.8 Å². The Morgan fingerprint density at radius 3 is 3.06 bits per heavy atom. The van der Waals surface area contributed by atoms with Crippen LogP contribution in [0.25, 0.3) is 0 Å². The third kappa shape index (κ3) is 3.37. The molecule has 16 heavy (non-hydrogen) atoms. The molecule has 0 spiro atoms. The standard InChI is InChI=1S/C11H17N3OS/c12-14-11-7-9(1-4-13-11)8-16-10-2-5-15-6-3-10/h1,4,7,10H,2-3,5-6,8,12H2,(H,13,14). The third-order valence-corrected chi connectivity index (χ3v) is 4.07. The van der Waals surface area contributed by atoms with E-state index in [4.69, 9.17) is 10.6 Å². The predicted octanol–water partition coefficient (Wildman–Crippen LogP) is 1.78. The molecule has 3 N–H and O–H groups in total. The lowest BCUT2D eigenvalue weighted by Crippen LogP contribution is -2.17. The molecule has 1 aromatic rings. The molecule has 1 aromatic heterocycles. The Morgan fingerprint density at radius 2 is 2.31 bits per heavy atom. The molecule has 0 unspecified atom stereocenters. The average molecular weight is 239 g/mol. The van der Waals surface area contributed by atoms with Gasteiger partial charge in [0, 0.05) is 30.4 Å². The molecule has 88 valence electrons. The number of aromatic nitrogens is 1. The van der Waals surface area contributed by atoms with Gasteiger partial charge in [0.15, 0.2) is 0 Å². The van der Waals surface area contributed by atoms with Crippen LogP contribution in [-0.2, 0) is 10.5 Å². The summed E-state index contributed by atoms with van der Waals surface area (Å²) in [4.78, 5) is 4.09. The fourth-order valence-corrected chi connectivity index (χ4v) is 2.83. The highest BCUT2D eigenvalue weighted by molar-refractivity contribution is 7.99. The number of hydrogen-bond donors (Lipinski definition) is 2. The Morgan fingerprint density at radius 1 is 1.50 bits per heavy atom. The zero-order valence-corrected chi connectivity index (χ0v) is 10.0. The highest BCUT2D eigenvalue weighted by Gasteiger charge is 2.13. The van der Waals surface area contributed by atoms with Gasteiger partial charge in [-0.2, -0.15) is 11.8 Å². The summed E-state index contributed by atoms with van der Waals surface area (Å²) in [6, 6.07) is 4.03. The summed E-state index contributed by atoms with van der Waals surface area (Å²) in [6.07, 6.45) is 4.12. The molecule has 2 heterocycles. The maximum absolute atomic E-state index is 5.34. The Kier molecular flexibility index (Phi) is 4.44. The number of rotatable bonds is 4. The Bertz CT molecular complexity index is 329. The van der Waals surface area contributed by atoms with Crippen LogP contribution in [0, 0.1) is 0 Å². The minimum absolute atomic E-state index is 0.727. The number of ether oxygens (including phenoxy) is 1. The number of hydrogen-bond acceptors (Lipinski definition) is 5. The number of thioether (sulfide) groups is 1. The van der Waals surface area contributed by atoms with Gasteiger partial charge in [-0.3, -0.25) is 0 Å². The van der Waals surface area contributed by atoms with Crippen molar-refractivity contribution in [2.24, 2.45) is 5.84 Å². The van der Waals surface area contributed by atoms with Gasteiger partial charge in [-0.15, -0.1) is 0 Å². The molecule has 1 saturated heterocycles. The maximum atomic E-state index is 5.34. The van der Waals surface area contributed by atoms with Gasteiger partial charge in [0.25, 0.3) is 0 Å². The van der Waals surface area contributed by atoms with Crippen LogP contribution < -0.4 is 11.3 Å². The van der Waals surface area contributed by atoms with Crippen LogP contribution in [0.15, 0.2) is 18.3 Å². The Balaban J connectivity index is 1.83. The second-order valence-electron chi connectivity index (χ2n) is 3.82. The van der Waals surface area contributed by atoms with E-state index < -0.39 is 0 Å². The highest BCUT2D eigenvalue weighted by atomic mass is 32.2. The van der Waals surface area contributed by atoms with Crippen molar-refractivity contribution < 1.29 is 4.74 Å². The summed E-state index contributed by atoms with van der Waals surface area (Å²) >= 11 is 1.99. The van der Waals surface area contributed by atoms with Crippen molar-refractivity contribution in [3.8, 4) is 0 Å². The summed E-state index contributed by atoms with van der Waals surface area (Å²) in [6.45, 7) is 1.81. The smallest absolute Gasteiger partial charge is 0.140 e. The topological polar surface area (TPSA) is 60.2 Å². The Labute approximate surface area is 99.9 Å². The summed E-state index contributed by atoms with van der Waals surface area (Å²) < 4.78 is 5.34. The zero-order valence-electron chi connectivity index (χ0n) is 9.19. The van der Waals surface area contributed by atoms with E-state index >= 15 is 0 Å². The number of nitrogens with one attached hydrogen (secondary N) is 1. The number of pyridine rings is 1. The van der Waals surface area contributed by atoms with Crippen LogP contribution in [0.5, 0.6) is 0 Å². The molecule has 4 nitrogen and oxygen atoms in total. The van der Waals surface area contributed by atoms with Crippen molar-refractivity contribution in [2.45, 2.75) is 23.8 Å². The summed E-state index contributed by atoms with van der Waals surface area (Å²) in [5, 5.41) is 0.733. The SMILES string of the molecule is NNc1cc(CSC2CCOCC2)ccn1. The van der Waals surface area contributed by atoms with Crippen LogP contribution in [-0.4, -0.2) is 23.4 Å². The molecule has 5 heteroatoms. The fourth-order valence-electron chi connectivity index (χ4n) is 1.70. The first-order valence-corrected chi connectivity index (χ1v) is 6.54. The van der Waals surface area contributed by atoms with E-state index in [0.29, 0.717) is 0 Å². The molecular formula is C11H17N3OS. The van der Waals surface area contributed by atoms with Crippen LogP contribution in [0.2, 0.25) is 0 Å². The molecule has 0 saturated carbocycles. The summed E-state index contributed by atoms with van der Waals surface area (Å²) in [5.41, 5.74) is 3.83. The van der Waals surface area contributed by atoms with Crippen molar-refractivity contribution in [1.82, 2.24) is 4.98 Å². The Hall–Kier alpha value is -0.780. The average Bonchev–Trinajstić information content (AvgIpc) is 2.38. The minimum Gasteiger partial charge on any atom is -0.381 e. The van der Waals surface area contributed by atoms with Crippen LogP contribution in [0.1, 0.15) is 18.4 Å². The quantitative estimate of drug-likeness (QED) is 0.619. The zero-order chi connectivity index (χ0) is 11.2. The highest BCUT2D eigenvalue weighted by Crippen LogP contribution is 2.25. The molecular weight excluding hydrogens is 222 g/mol. The van der Waals surface area contributed by atoms with Gasteiger partial charge >= 0.3 is 0 Å². The molecule has 0 aliphatic carbocycles. The van der Waals surface area contributed by atoms with E-state index in [1.54, 1.807) is 6.20 Å². The van der Waals surface area contributed by atoms with Crippen molar-refractivity contribution in [2.75, 3.05) is 18.6 Å². The van der Waals surface area contributed by atoms with Gasteiger partial charge in [-0.1, -0.05) is 0 Å². The van der Waals surface area contributed by atoms with Crippen molar-refractivity contribution in [3.63, 3.8) is 0 Å². The number of nitrogen functional groups attached to an aromatic ring is 1.